The summed E-state index contributed by atoms with van der Waals surface area (Å²) in [5, 5.41) is 22.3. The number of cyclic esters (lactones) is 1. The molecule has 10 nitrogen and oxygen atoms in total. The van der Waals surface area contributed by atoms with E-state index in [4.69, 9.17) is 4.74 Å². The van der Waals surface area contributed by atoms with Gasteiger partial charge in [-0.15, -0.1) is 5.10 Å². The Bertz CT molecular complexity index is 1220. The first-order valence-electron chi connectivity index (χ1n) is 12.2. The van der Waals surface area contributed by atoms with Crippen molar-refractivity contribution >= 4 is 11.8 Å². The fourth-order valence-corrected chi connectivity index (χ4v) is 5.80. The lowest BCUT2D eigenvalue weighted by Crippen LogP contribution is -2.43. The summed E-state index contributed by atoms with van der Waals surface area (Å²) in [7, 11) is 0. The van der Waals surface area contributed by atoms with Gasteiger partial charge in [0.15, 0.2) is 0 Å². The Balaban J connectivity index is 1.05. The van der Waals surface area contributed by atoms with Crippen molar-refractivity contribution in [2.45, 2.75) is 38.9 Å². The van der Waals surface area contributed by atoms with E-state index in [1.165, 1.54) is 0 Å². The Labute approximate surface area is 203 Å². The van der Waals surface area contributed by atoms with Crippen molar-refractivity contribution in [3.05, 3.63) is 59.0 Å². The average molecular weight is 476 g/mol. The van der Waals surface area contributed by atoms with Crippen molar-refractivity contribution in [2.24, 2.45) is 5.41 Å². The van der Waals surface area contributed by atoms with Gasteiger partial charge in [-0.3, -0.25) is 0 Å². The van der Waals surface area contributed by atoms with Crippen LogP contribution in [-0.4, -0.2) is 73.9 Å². The first-order valence-corrected chi connectivity index (χ1v) is 12.2. The van der Waals surface area contributed by atoms with Crippen molar-refractivity contribution in [1.29, 1.82) is 0 Å². The normalized spacial score (nSPS) is 20.3. The molecule has 0 bridgehead atoms. The number of aromatic nitrogens is 5. The Hall–Kier alpha value is -3.37. The summed E-state index contributed by atoms with van der Waals surface area (Å²) in [5.74, 6) is 0.723. The van der Waals surface area contributed by atoms with Crippen LogP contribution in [-0.2, 0) is 11.3 Å². The minimum atomic E-state index is -0.576. The number of carbonyl (C=O) groups excluding carboxylic acids is 1. The van der Waals surface area contributed by atoms with Gasteiger partial charge in [0.2, 0.25) is 0 Å². The Morgan fingerprint density at radius 2 is 1.97 bits per heavy atom. The molecule has 2 saturated heterocycles. The number of nitrogens with zero attached hydrogens (tertiary/aromatic N) is 7. The Kier molecular flexibility index (Phi) is 5.49. The van der Waals surface area contributed by atoms with Crippen molar-refractivity contribution < 1.29 is 14.6 Å². The van der Waals surface area contributed by atoms with E-state index in [9.17, 15) is 9.90 Å². The summed E-state index contributed by atoms with van der Waals surface area (Å²) in [6.07, 6.45) is 6.19. The Morgan fingerprint density at radius 3 is 2.71 bits per heavy atom. The molecule has 6 rings (SSSR count). The number of tetrazole rings is 1. The lowest BCUT2D eigenvalue weighted by Gasteiger charge is -2.40. The smallest absolute Gasteiger partial charge is 0.338 e. The van der Waals surface area contributed by atoms with Crippen molar-refractivity contribution in [3.63, 3.8) is 0 Å². The van der Waals surface area contributed by atoms with Crippen LogP contribution in [0.1, 0.15) is 52.4 Å². The number of hydrogen-bond acceptors (Lipinski definition) is 9. The first-order chi connectivity index (χ1) is 17.0. The number of carbonyl (C=O) groups is 1. The summed E-state index contributed by atoms with van der Waals surface area (Å²) in [5.41, 5.74) is 4.56. The van der Waals surface area contributed by atoms with Gasteiger partial charge in [0.05, 0.1) is 23.6 Å². The zero-order valence-electron chi connectivity index (χ0n) is 19.8. The van der Waals surface area contributed by atoms with Gasteiger partial charge in [0.25, 0.3) is 0 Å². The van der Waals surface area contributed by atoms with E-state index < -0.39 is 6.10 Å². The maximum absolute atomic E-state index is 11.8. The summed E-state index contributed by atoms with van der Waals surface area (Å²) >= 11 is 0. The number of aliphatic hydroxyl groups is 1. The molecule has 5 heterocycles. The fourth-order valence-electron chi connectivity index (χ4n) is 5.80. The van der Waals surface area contributed by atoms with Crippen molar-refractivity contribution in [1.82, 2.24) is 30.1 Å². The number of fused-ring (bicyclic) bond motifs is 1. The van der Waals surface area contributed by atoms with E-state index >= 15 is 0 Å². The molecule has 182 valence electrons. The Morgan fingerprint density at radius 1 is 1.14 bits per heavy atom. The number of pyridine rings is 1. The summed E-state index contributed by atoms with van der Waals surface area (Å²) < 4.78 is 6.76. The van der Waals surface area contributed by atoms with Gasteiger partial charge in [-0.25, -0.2) is 9.78 Å². The van der Waals surface area contributed by atoms with Crippen LogP contribution < -0.4 is 4.90 Å². The number of ether oxygens (including phenoxy) is 1. The molecule has 10 heteroatoms. The molecule has 35 heavy (non-hydrogen) atoms. The number of piperidine rings is 1. The van der Waals surface area contributed by atoms with Gasteiger partial charge in [-0.1, -0.05) is 6.07 Å². The van der Waals surface area contributed by atoms with E-state index in [2.05, 4.69) is 30.3 Å². The third-order valence-corrected chi connectivity index (χ3v) is 8.02. The van der Waals surface area contributed by atoms with Gasteiger partial charge in [-0.05, 0) is 84.4 Å². The minimum Gasteiger partial charge on any atom is -0.457 e. The molecule has 1 N–H and O–H groups in total. The number of anilines is 1. The molecule has 0 saturated carbocycles. The van der Waals surface area contributed by atoms with Crippen molar-refractivity contribution in [2.75, 3.05) is 37.6 Å². The third-order valence-electron chi connectivity index (χ3n) is 8.02. The molecule has 1 aromatic carbocycles. The highest BCUT2D eigenvalue weighted by molar-refractivity contribution is 5.93. The van der Waals surface area contributed by atoms with Crippen LogP contribution in [0.2, 0.25) is 0 Å². The highest BCUT2D eigenvalue weighted by Gasteiger charge is 2.41. The van der Waals surface area contributed by atoms with Gasteiger partial charge < -0.3 is 19.6 Å². The SMILES string of the molecule is Cc1c(C(O)CN2CCC3(CC2)CCN(c2ccc(-n4cnnn4)cn2)C3)ccc2c1COC2=O. The zero-order valence-corrected chi connectivity index (χ0v) is 19.8. The summed E-state index contributed by atoms with van der Waals surface area (Å²) in [4.78, 5) is 21.2. The largest absolute Gasteiger partial charge is 0.457 e. The van der Waals surface area contributed by atoms with Crippen LogP contribution >= 0.6 is 0 Å². The minimum absolute atomic E-state index is 0.269. The molecule has 1 atom stereocenters. The average Bonchev–Trinajstić information content (AvgIpc) is 3.63. The quantitative estimate of drug-likeness (QED) is 0.555. The van der Waals surface area contributed by atoms with Crippen molar-refractivity contribution in [3.8, 4) is 5.69 Å². The van der Waals surface area contributed by atoms with Gasteiger partial charge >= 0.3 is 5.97 Å². The topological polar surface area (TPSA) is 110 Å². The van der Waals surface area contributed by atoms with Gasteiger partial charge in [0, 0.05) is 25.2 Å². The molecule has 1 spiro atoms. The van der Waals surface area contributed by atoms with Crippen LogP contribution in [0.3, 0.4) is 0 Å². The molecule has 3 aliphatic rings. The lowest BCUT2D eigenvalue weighted by molar-refractivity contribution is 0.0534. The van der Waals surface area contributed by atoms with Gasteiger partial charge in [0.1, 0.15) is 18.8 Å². The molecule has 3 aliphatic heterocycles. The molecular formula is C25H29N7O3. The zero-order chi connectivity index (χ0) is 24.0. The molecule has 2 fully saturated rings. The number of hydrogen-bond donors (Lipinski definition) is 1. The molecule has 0 aliphatic carbocycles. The molecule has 0 amide bonds. The number of benzene rings is 1. The van der Waals surface area contributed by atoms with Crippen LogP contribution in [0.25, 0.3) is 5.69 Å². The van der Waals surface area contributed by atoms with E-state index in [0.29, 0.717) is 24.1 Å². The molecule has 3 aromatic rings. The van der Waals surface area contributed by atoms with E-state index in [-0.39, 0.29) is 5.97 Å². The second-order valence-electron chi connectivity index (χ2n) is 10.00. The van der Waals surface area contributed by atoms with Crippen LogP contribution in [0.15, 0.2) is 36.8 Å². The second-order valence-corrected chi connectivity index (χ2v) is 10.00. The second kappa shape index (κ2) is 8.69. The monoisotopic (exact) mass is 475 g/mol. The van der Waals surface area contributed by atoms with Gasteiger partial charge in [-0.2, -0.15) is 4.68 Å². The third kappa shape index (κ3) is 4.06. The van der Waals surface area contributed by atoms with Crippen LogP contribution in [0.5, 0.6) is 0 Å². The fraction of sp³-hybridized carbons (Fsp3) is 0.480. The number of likely N-dealkylation sites (tertiary alicyclic amines) is 1. The lowest BCUT2D eigenvalue weighted by atomic mass is 9.77. The number of aliphatic hydroxyl groups excluding tert-OH is 1. The molecular weight excluding hydrogens is 446 g/mol. The molecule has 0 radical (unpaired) electrons. The number of rotatable bonds is 5. The predicted octanol–water partition coefficient (Wildman–Crippen LogP) is 2.06. The number of β-amino-alcohol motifs (C(OH)–C–C–N with tert-alkyl or cyclic N) is 1. The summed E-state index contributed by atoms with van der Waals surface area (Å²) in [6.45, 7) is 6.85. The standard InChI is InChI=1S/C25H29N7O3/c1-17-19(3-4-20-21(17)14-35-24(20)34)22(33)13-30-9-6-25(7-10-30)8-11-31(15-25)23-5-2-18(12-26-23)32-16-27-28-29-32/h2-5,12,16,22,33H,6-11,13-15H2,1H3. The maximum Gasteiger partial charge on any atom is 0.338 e. The highest BCUT2D eigenvalue weighted by Crippen LogP contribution is 2.42. The molecule has 1 unspecified atom stereocenters. The van der Waals surface area contributed by atoms with E-state index in [1.807, 2.05) is 31.3 Å². The number of esters is 1. The van der Waals surface area contributed by atoms with Crippen LogP contribution in [0, 0.1) is 12.3 Å². The van der Waals surface area contributed by atoms with Crippen LogP contribution in [0.4, 0.5) is 5.82 Å². The predicted molar refractivity (Wildman–Crippen MR) is 127 cm³/mol. The summed E-state index contributed by atoms with van der Waals surface area (Å²) in [6, 6.07) is 7.71. The molecule has 2 aromatic heterocycles. The van der Waals surface area contributed by atoms with E-state index in [1.54, 1.807) is 17.1 Å². The maximum atomic E-state index is 11.8. The van der Waals surface area contributed by atoms with E-state index in [0.717, 1.165) is 73.6 Å². The first kappa shape index (κ1) is 22.1. The highest BCUT2D eigenvalue weighted by atomic mass is 16.5.